The predicted octanol–water partition coefficient (Wildman–Crippen LogP) is 1.24. The van der Waals surface area contributed by atoms with Gasteiger partial charge in [-0.25, -0.2) is 4.79 Å². The monoisotopic (exact) mass is 312 g/mol. The van der Waals surface area contributed by atoms with Gasteiger partial charge in [0, 0.05) is 24.5 Å². The first kappa shape index (κ1) is 14.0. The molecule has 1 saturated heterocycles. The SMILES string of the molecule is O=C(c1cc2ccccc2oc1=O)N1CCN(C2CC2)C(=O)C1. The normalized spacial score (nSPS) is 18.5. The van der Waals surface area contributed by atoms with E-state index in [0.29, 0.717) is 30.1 Å². The Bertz CT molecular complexity index is 853. The summed E-state index contributed by atoms with van der Waals surface area (Å²) in [4.78, 5) is 40.1. The average Bonchev–Trinajstić information content (AvgIpc) is 3.38. The Morgan fingerprint density at radius 2 is 1.91 bits per heavy atom. The fourth-order valence-electron chi connectivity index (χ4n) is 3.01. The van der Waals surface area contributed by atoms with Gasteiger partial charge in [-0.05, 0) is 25.0 Å². The number of fused-ring (bicyclic) bond motifs is 1. The lowest BCUT2D eigenvalue weighted by molar-refractivity contribution is -0.135. The van der Waals surface area contributed by atoms with Crippen LogP contribution in [0, 0.1) is 0 Å². The minimum Gasteiger partial charge on any atom is -0.422 e. The first-order valence-corrected chi connectivity index (χ1v) is 7.75. The number of rotatable bonds is 2. The van der Waals surface area contributed by atoms with Crippen LogP contribution in [0.25, 0.3) is 11.0 Å². The molecule has 118 valence electrons. The molecule has 1 aromatic heterocycles. The number of carbonyl (C=O) groups is 2. The summed E-state index contributed by atoms with van der Waals surface area (Å²) >= 11 is 0. The van der Waals surface area contributed by atoms with E-state index >= 15 is 0 Å². The smallest absolute Gasteiger partial charge is 0.349 e. The van der Waals surface area contributed by atoms with Gasteiger partial charge in [0.1, 0.15) is 17.7 Å². The zero-order valence-corrected chi connectivity index (χ0v) is 12.5. The highest BCUT2D eigenvalue weighted by atomic mass is 16.4. The van der Waals surface area contributed by atoms with Crippen LogP contribution in [0.5, 0.6) is 0 Å². The summed E-state index contributed by atoms with van der Waals surface area (Å²) in [6.45, 7) is 1.02. The summed E-state index contributed by atoms with van der Waals surface area (Å²) < 4.78 is 5.20. The molecule has 1 aliphatic carbocycles. The van der Waals surface area contributed by atoms with E-state index in [1.54, 1.807) is 24.3 Å². The Balaban J connectivity index is 1.60. The number of amides is 2. The van der Waals surface area contributed by atoms with Gasteiger partial charge in [0.25, 0.3) is 5.91 Å². The molecular weight excluding hydrogens is 296 g/mol. The maximum atomic E-state index is 12.6. The predicted molar refractivity (Wildman–Crippen MR) is 83.1 cm³/mol. The highest BCUT2D eigenvalue weighted by Crippen LogP contribution is 2.28. The molecular formula is C17H16N2O4. The Morgan fingerprint density at radius 3 is 2.65 bits per heavy atom. The minimum atomic E-state index is -0.661. The van der Waals surface area contributed by atoms with Gasteiger partial charge in [0.15, 0.2) is 0 Å². The quantitative estimate of drug-likeness (QED) is 0.782. The molecule has 2 aromatic rings. The van der Waals surface area contributed by atoms with E-state index in [1.807, 2.05) is 11.0 Å². The van der Waals surface area contributed by atoms with Gasteiger partial charge in [-0.15, -0.1) is 0 Å². The maximum absolute atomic E-state index is 12.6. The molecule has 1 saturated carbocycles. The van der Waals surface area contributed by atoms with Crippen LogP contribution >= 0.6 is 0 Å². The van der Waals surface area contributed by atoms with Crippen molar-refractivity contribution in [3.05, 3.63) is 46.3 Å². The molecule has 0 spiro atoms. The lowest BCUT2D eigenvalue weighted by Gasteiger charge is -2.34. The van der Waals surface area contributed by atoms with Crippen molar-refractivity contribution in [2.45, 2.75) is 18.9 Å². The molecule has 2 aliphatic rings. The second-order valence-electron chi connectivity index (χ2n) is 6.03. The second-order valence-corrected chi connectivity index (χ2v) is 6.03. The molecule has 0 unspecified atom stereocenters. The third-order valence-corrected chi connectivity index (χ3v) is 4.40. The largest absolute Gasteiger partial charge is 0.422 e. The lowest BCUT2D eigenvalue weighted by atomic mass is 10.1. The van der Waals surface area contributed by atoms with Gasteiger partial charge in [0.05, 0.1) is 0 Å². The zero-order chi connectivity index (χ0) is 16.0. The highest BCUT2D eigenvalue weighted by molar-refractivity contribution is 5.98. The fraction of sp³-hybridized carbons (Fsp3) is 0.353. The van der Waals surface area contributed by atoms with Crippen LogP contribution in [0.3, 0.4) is 0 Å². The Hall–Kier alpha value is -2.63. The highest BCUT2D eigenvalue weighted by Gasteiger charge is 2.37. The number of piperazine rings is 1. The molecule has 0 bridgehead atoms. The summed E-state index contributed by atoms with van der Waals surface area (Å²) in [5.41, 5.74) is -0.231. The summed E-state index contributed by atoms with van der Waals surface area (Å²) in [5, 5.41) is 0.693. The van der Waals surface area contributed by atoms with Crippen LogP contribution in [-0.2, 0) is 4.79 Å². The molecule has 23 heavy (non-hydrogen) atoms. The summed E-state index contributed by atoms with van der Waals surface area (Å²) in [6, 6.07) is 8.94. The number of hydrogen-bond donors (Lipinski definition) is 0. The summed E-state index contributed by atoms with van der Waals surface area (Å²) in [6.07, 6.45) is 2.10. The van der Waals surface area contributed by atoms with Crippen LogP contribution in [0.4, 0.5) is 0 Å². The van der Waals surface area contributed by atoms with E-state index in [2.05, 4.69) is 0 Å². The molecule has 1 aromatic carbocycles. The first-order chi connectivity index (χ1) is 11.1. The number of para-hydroxylation sites is 1. The molecule has 2 fully saturated rings. The second kappa shape index (κ2) is 5.22. The van der Waals surface area contributed by atoms with Crippen molar-refractivity contribution in [1.29, 1.82) is 0 Å². The van der Waals surface area contributed by atoms with Crippen molar-refractivity contribution in [2.75, 3.05) is 19.6 Å². The Morgan fingerprint density at radius 1 is 1.13 bits per heavy atom. The summed E-state index contributed by atoms with van der Waals surface area (Å²) in [7, 11) is 0. The fourth-order valence-corrected chi connectivity index (χ4v) is 3.01. The van der Waals surface area contributed by atoms with Crippen LogP contribution in [0.2, 0.25) is 0 Å². The molecule has 6 nitrogen and oxygen atoms in total. The lowest BCUT2D eigenvalue weighted by Crippen LogP contribution is -2.53. The summed E-state index contributed by atoms with van der Waals surface area (Å²) in [5.74, 6) is -0.481. The number of benzene rings is 1. The van der Waals surface area contributed by atoms with Gasteiger partial charge >= 0.3 is 5.63 Å². The number of carbonyl (C=O) groups excluding carboxylic acids is 2. The van der Waals surface area contributed by atoms with Crippen LogP contribution in [0.1, 0.15) is 23.2 Å². The van der Waals surface area contributed by atoms with Gasteiger partial charge in [0.2, 0.25) is 5.91 Å². The van der Waals surface area contributed by atoms with Gasteiger partial charge < -0.3 is 14.2 Å². The van der Waals surface area contributed by atoms with E-state index in [1.165, 1.54) is 4.90 Å². The van der Waals surface area contributed by atoms with Gasteiger partial charge in [-0.2, -0.15) is 0 Å². The minimum absolute atomic E-state index is 0.0172. The standard InChI is InChI=1S/C17H16N2O4/c20-15-10-18(7-8-19(15)12-5-6-12)16(21)13-9-11-3-1-2-4-14(11)23-17(13)22/h1-4,9,12H,5-8,10H2. The molecule has 2 amide bonds. The topological polar surface area (TPSA) is 70.8 Å². The van der Waals surface area contributed by atoms with E-state index in [9.17, 15) is 14.4 Å². The zero-order valence-electron chi connectivity index (χ0n) is 12.5. The van der Waals surface area contributed by atoms with Crippen molar-refractivity contribution in [2.24, 2.45) is 0 Å². The molecule has 0 N–H and O–H groups in total. The van der Waals surface area contributed by atoms with Crippen molar-refractivity contribution in [3.8, 4) is 0 Å². The van der Waals surface area contributed by atoms with Crippen LogP contribution in [0.15, 0.2) is 39.5 Å². The molecule has 4 rings (SSSR count). The molecule has 1 aliphatic heterocycles. The molecule has 6 heteroatoms. The average molecular weight is 312 g/mol. The van der Waals surface area contributed by atoms with Crippen molar-refractivity contribution in [1.82, 2.24) is 9.80 Å². The van der Waals surface area contributed by atoms with Gasteiger partial charge in [-0.1, -0.05) is 18.2 Å². The number of nitrogens with zero attached hydrogens (tertiary/aromatic N) is 2. The first-order valence-electron chi connectivity index (χ1n) is 7.75. The number of hydrogen-bond acceptors (Lipinski definition) is 4. The van der Waals surface area contributed by atoms with Crippen molar-refractivity contribution < 1.29 is 14.0 Å². The molecule has 2 heterocycles. The Labute approximate surface area is 132 Å². The van der Waals surface area contributed by atoms with Gasteiger partial charge in [-0.3, -0.25) is 9.59 Å². The van der Waals surface area contributed by atoms with E-state index in [4.69, 9.17) is 4.42 Å². The van der Waals surface area contributed by atoms with E-state index < -0.39 is 11.5 Å². The third-order valence-electron chi connectivity index (χ3n) is 4.40. The van der Waals surface area contributed by atoms with Crippen LogP contribution < -0.4 is 5.63 Å². The van der Waals surface area contributed by atoms with Crippen molar-refractivity contribution in [3.63, 3.8) is 0 Å². The molecule has 0 radical (unpaired) electrons. The van der Waals surface area contributed by atoms with E-state index in [0.717, 1.165) is 12.8 Å². The molecule has 0 atom stereocenters. The van der Waals surface area contributed by atoms with E-state index in [-0.39, 0.29) is 18.0 Å². The Kier molecular flexibility index (Phi) is 3.18. The third kappa shape index (κ3) is 2.50. The van der Waals surface area contributed by atoms with Crippen molar-refractivity contribution >= 4 is 22.8 Å². The maximum Gasteiger partial charge on any atom is 0.349 e. The van der Waals surface area contributed by atoms with Crippen LogP contribution in [-0.4, -0.2) is 47.3 Å².